The second-order valence-electron chi connectivity index (χ2n) is 9.68. The Labute approximate surface area is 193 Å². The minimum atomic E-state index is -0.128. The number of allylic oxidation sites excluding steroid dienone is 4. The van der Waals surface area contributed by atoms with Crippen molar-refractivity contribution in [3.63, 3.8) is 0 Å². The van der Waals surface area contributed by atoms with Gasteiger partial charge in [-0.2, -0.15) is 0 Å². The Hall–Kier alpha value is -3.32. The van der Waals surface area contributed by atoms with E-state index in [-0.39, 0.29) is 5.41 Å². The number of nitrogens with zero attached hydrogens (tertiary/aromatic N) is 1. The van der Waals surface area contributed by atoms with Gasteiger partial charge < -0.3 is 4.90 Å². The number of anilines is 3. The summed E-state index contributed by atoms with van der Waals surface area (Å²) in [6.07, 6.45) is 3.94. The normalized spacial score (nSPS) is 15.7. The molecular formula is C31H33N. The van der Waals surface area contributed by atoms with Gasteiger partial charge in [-0.25, -0.2) is 0 Å². The van der Waals surface area contributed by atoms with E-state index in [0.717, 1.165) is 5.57 Å². The highest BCUT2D eigenvalue weighted by molar-refractivity contribution is 5.91. The molecule has 4 rings (SSSR count). The molecule has 0 saturated heterocycles. The predicted molar refractivity (Wildman–Crippen MR) is 140 cm³/mol. The topological polar surface area (TPSA) is 3.24 Å². The van der Waals surface area contributed by atoms with Crippen molar-refractivity contribution in [3.8, 4) is 0 Å². The van der Waals surface area contributed by atoms with Crippen molar-refractivity contribution >= 4 is 22.6 Å². The number of aryl methyl sites for hydroxylation is 4. The lowest BCUT2D eigenvalue weighted by Gasteiger charge is -2.29. The van der Waals surface area contributed by atoms with E-state index in [1.54, 1.807) is 0 Å². The number of hydrogen-bond donors (Lipinski definition) is 0. The van der Waals surface area contributed by atoms with Gasteiger partial charge in [-0.05, 0) is 109 Å². The SMILES string of the molecule is C=C/C=C1\C(=C)C(C)(C)c2cc(N(c3cc(C)cc(C)c3)c3cc(C)cc(C)c3)ccc21. The molecule has 0 amide bonds. The number of rotatable bonds is 4. The zero-order valence-electron chi connectivity index (χ0n) is 20.2. The third-order valence-electron chi connectivity index (χ3n) is 6.52. The minimum Gasteiger partial charge on any atom is -0.310 e. The average molecular weight is 420 g/mol. The molecule has 0 atom stereocenters. The van der Waals surface area contributed by atoms with Crippen molar-refractivity contribution in [1.29, 1.82) is 0 Å². The van der Waals surface area contributed by atoms with E-state index in [2.05, 4.69) is 120 Å². The molecule has 0 fully saturated rings. The molecule has 1 aliphatic rings. The lowest BCUT2D eigenvalue weighted by atomic mass is 9.83. The predicted octanol–water partition coefficient (Wildman–Crippen LogP) is 8.81. The first-order chi connectivity index (χ1) is 15.1. The maximum Gasteiger partial charge on any atom is 0.0466 e. The second-order valence-corrected chi connectivity index (χ2v) is 9.68. The summed E-state index contributed by atoms with van der Waals surface area (Å²) in [6.45, 7) is 21.5. The molecule has 162 valence electrons. The molecule has 32 heavy (non-hydrogen) atoms. The van der Waals surface area contributed by atoms with Gasteiger partial charge in [0.1, 0.15) is 0 Å². The standard InChI is InChI=1S/C31H33N/c1-9-10-28-24(6)31(7,8)30-19-25(11-12-29(28)30)32(26-15-20(2)13-21(3)16-26)27-17-22(4)14-23(5)18-27/h9-19H,1,6H2,2-5,7-8H3/b28-10+. The van der Waals surface area contributed by atoms with Gasteiger partial charge in [0, 0.05) is 22.5 Å². The molecule has 3 aromatic rings. The van der Waals surface area contributed by atoms with Crippen LogP contribution in [0.4, 0.5) is 17.1 Å². The highest BCUT2D eigenvalue weighted by Gasteiger charge is 2.37. The Morgan fingerprint density at radius 1 is 0.719 bits per heavy atom. The van der Waals surface area contributed by atoms with Crippen LogP contribution in [0.1, 0.15) is 47.2 Å². The van der Waals surface area contributed by atoms with E-state index in [9.17, 15) is 0 Å². The van der Waals surface area contributed by atoms with Gasteiger partial charge in [0.05, 0.1) is 0 Å². The van der Waals surface area contributed by atoms with Gasteiger partial charge in [0.25, 0.3) is 0 Å². The molecule has 1 aliphatic carbocycles. The van der Waals surface area contributed by atoms with E-state index in [4.69, 9.17) is 0 Å². The van der Waals surface area contributed by atoms with Crippen molar-refractivity contribution in [1.82, 2.24) is 0 Å². The fourth-order valence-corrected chi connectivity index (χ4v) is 5.00. The largest absolute Gasteiger partial charge is 0.310 e. The Morgan fingerprint density at radius 3 is 1.69 bits per heavy atom. The first kappa shape index (κ1) is 21.9. The van der Waals surface area contributed by atoms with Gasteiger partial charge in [-0.15, -0.1) is 0 Å². The summed E-state index contributed by atoms with van der Waals surface area (Å²) in [5.74, 6) is 0. The third-order valence-corrected chi connectivity index (χ3v) is 6.52. The quantitative estimate of drug-likeness (QED) is 0.408. The zero-order valence-corrected chi connectivity index (χ0v) is 20.2. The van der Waals surface area contributed by atoms with E-state index < -0.39 is 0 Å². The van der Waals surface area contributed by atoms with Crippen LogP contribution in [-0.4, -0.2) is 0 Å². The molecule has 0 saturated carbocycles. The average Bonchev–Trinajstić information content (AvgIpc) is 2.88. The van der Waals surface area contributed by atoms with E-state index >= 15 is 0 Å². The van der Waals surface area contributed by atoms with E-state index in [1.807, 2.05) is 6.08 Å². The number of hydrogen-bond acceptors (Lipinski definition) is 1. The monoisotopic (exact) mass is 419 g/mol. The molecule has 0 N–H and O–H groups in total. The van der Waals surface area contributed by atoms with Crippen LogP contribution in [0.3, 0.4) is 0 Å². The van der Waals surface area contributed by atoms with Crippen LogP contribution in [0.5, 0.6) is 0 Å². The first-order valence-electron chi connectivity index (χ1n) is 11.3. The molecule has 0 aromatic heterocycles. The van der Waals surface area contributed by atoms with Crippen molar-refractivity contribution < 1.29 is 0 Å². The Bertz CT molecular complexity index is 1180. The minimum absolute atomic E-state index is 0.128. The van der Waals surface area contributed by atoms with Crippen LogP contribution in [0, 0.1) is 27.7 Å². The maximum atomic E-state index is 4.43. The fourth-order valence-electron chi connectivity index (χ4n) is 5.00. The summed E-state index contributed by atoms with van der Waals surface area (Å²) in [4.78, 5) is 2.38. The zero-order chi connectivity index (χ0) is 23.2. The maximum absolute atomic E-state index is 4.43. The molecule has 0 unspecified atom stereocenters. The van der Waals surface area contributed by atoms with Crippen LogP contribution < -0.4 is 4.90 Å². The molecule has 0 spiro atoms. The van der Waals surface area contributed by atoms with Crippen LogP contribution in [0.15, 0.2) is 85.5 Å². The van der Waals surface area contributed by atoms with Crippen molar-refractivity contribution in [2.24, 2.45) is 0 Å². The smallest absolute Gasteiger partial charge is 0.0466 e. The highest BCUT2D eigenvalue weighted by atomic mass is 15.1. The molecule has 0 heterocycles. The number of fused-ring (bicyclic) bond motifs is 1. The summed E-state index contributed by atoms with van der Waals surface area (Å²) in [6, 6.07) is 20.4. The van der Waals surface area contributed by atoms with Crippen molar-refractivity contribution in [2.75, 3.05) is 4.90 Å². The van der Waals surface area contributed by atoms with Crippen molar-refractivity contribution in [2.45, 2.75) is 47.0 Å². The summed E-state index contributed by atoms with van der Waals surface area (Å²) in [5, 5.41) is 0. The lowest BCUT2D eigenvalue weighted by Crippen LogP contribution is -2.16. The summed E-state index contributed by atoms with van der Waals surface area (Å²) in [7, 11) is 0. The van der Waals surface area contributed by atoms with Crippen molar-refractivity contribution in [3.05, 3.63) is 119 Å². The van der Waals surface area contributed by atoms with E-state index in [0.29, 0.717) is 0 Å². The molecule has 1 heteroatoms. The Morgan fingerprint density at radius 2 is 1.22 bits per heavy atom. The van der Waals surface area contributed by atoms with Crippen LogP contribution in [-0.2, 0) is 5.41 Å². The molecule has 3 aromatic carbocycles. The Balaban J connectivity index is 1.97. The van der Waals surface area contributed by atoms with Gasteiger partial charge >= 0.3 is 0 Å². The first-order valence-corrected chi connectivity index (χ1v) is 11.3. The molecule has 0 aliphatic heterocycles. The van der Waals surface area contributed by atoms with Gasteiger partial charge in [0.15, 0.2) is 0 Å². The summed E-state index contributed by atoms with van der Waals surface area (Å²) in [5.41, 5.74) is 13.4. The van der Waals surface area contributed by atoms with E-state index in [1.165, 1.54) is 56.0 Å². The Kier molecular flexibility index (Phi) is 5.46. The molecule has 1 nitrogen and oxygen atoms in total. The van der Waals surface area contributed by atoms with Crippen LogP contribution in [0.2, 0.25) is 0 Å². The van der Waals surface area contributed by atoms with Crippen LogP contribution >= 0.6 is 0 Å². The summed E-state index contributed by atoms with van der Waals surface area (Å²) < 4.78 is 0. The lowest BCUT2D eigenvalue weighted by molar-refractivity contribution is 0.663. The number of benzene rings is 3. The fraction of sp³-hybridized carbons (Fsp3) is 0.226. The van der Waals surface area contributed by atoms with Gasteiger partial charge in [-0.3, -0.25) is 0 Å². The molecule has 0 bridgehead atoms. The van der Waals surface area contributed by atoms with Gasteiger partial charge in [-0.1, -0.05) is 57.4 Å². The van der Waals surface area contributed by atoms with Crippen LogP contribution in [0.25, 0.3) is 5.57 Å². The molecular weight excluding hydrogens is 386 g/mol. The molecule has 0 radical (unpaired) electrons. The van der Waals surface area contributed by atoms with Gasteiger partial charge in [0.2, 0.25) is 0 Å². The summed E-state index contributed by atoms with van der Waals surface area (Å²) >= 11 is 0. The second kappa shape index (κ2) is 7.98. The third kappa shape index (κ3) is 3.73. The highest BCUT2D eigenvalue weighted by Crippen LogP contribution is 2.50.